The molecule has 4 saturated carbocycles. The smallest absolute Gasteiger partial charge is 0.315 e. The van der Waals surface area contributed by atoms with Crippen LogP contribution in [0.4, 0.5) is 0 Å². The number of aliphatic hydroxyl groups excluding tert-OH is 10. The predicted molar refractivity (Wildman–Crippen MR) is 202 cm³/mol. The molecule has 332 valence electrons. The number of ether oxygens (including phenoxy) is 4. The Labute approximate surface area is 339 Å². The highest BCUT2D eigenvalue weighted by atomic mass is 16.7. The Balaban J connectivity index is 1.21. The molecule has 22 atom stereocenters. The molecule has 16 heteroatoms. The molecule has 2 heterocycles. The van der Waals surface area contributed by atoms with Crippen LogP contribution in [-0.4, -0.2) is 161 Å². The molecular weight excluding hydrogens is 760 g/mol. The highest BCUT2D eigenvalue weighted by molar-refractivity contribution is 5.79. The second kappa shape index (κ2) is 15.2. The fraction of sp³-hybridized carbons (Fsp3) is 0.929. The third kappa shape index (κ3) is 6.17. The van der Waals surface area contributed by atoms with E-state index in [-0.39, 0.29) is 30.8 Å². The largest absolute Gasteiger partial charge is 0.432 e. The average Bonchev–Trinajstić information content (AvgIpc) is 3.17. The van der Waals surface area contributed by atoms with E-state index in [2.05, 4.69) is 26.8 Å². The molecule has 22 unspecified atom stereocenters. The van der Waals surface area contributed by atoms with Gasteiger partial charge in [-0.15, -0.1) is 0 Å². The number of hydrogen-bond acceptors (Lipinski definition) is 16. The number of carbonyl (C=O) groups is 1. The number of rotatable bonds is 7. The van der Waals surface area contributed by atoms with E-state index in [1.54, 1.807) is 6.92 Å². The van der Waals surface area contributed by atoms with E-state index in [1.807, 2.05) is 13.8 Å². The lowest BCUT2D eigenvalue weighted by Crippen LogP contribution is -2.70. The summed E-state index contributed by atoms with van der Waals surface area (Å²) < 4.78 is 23.4. The van der Waals surface area contributed by atoms with E-state index in [0.29, 0.717) is 44.9 Å². The molecule has 16 nitrogen and oxygen atoms in total. The van der Waals surface area contributed by atoms with Crippen LogP contribution in [0.25, 0.3) is 0 Å². The molecule has 11 N–H and O–H groups in total. The van der Waals surface area contributed by atoms with Gasteiger partial charge < -0.3 is 75.1 Å². The SMILES string of the molecule is CC1CCC2(C(=O)OC3OC(CO)C(O)C(O)C3O)CCC3(C)C(=CCC4C5(C)CC(O)C(OC6OC(CO)C(O)C(O)C6O)C(C)(CO)C5CCC43C)C2C1(C)O. The van der Waals surface area contributed by atoms with Crippen LogP contribution in [0, 0.1) is 50.7 Å². The summed E-state index contributed by atoms with van der Waals surface area (Å²) in [5, 5.41) is 119. The Bertz CT molecular complexity index is 1570. The molecule has 2 saturated heterocycles. The predicted octanol–water partition coefficient (Wildman–Crippen LogP) is -0.770. The fourth-order valence-corrected chi connectivity index (χ4v) is 13.9. The maximum Gasteiger partial charge on any atom is 0.315 e. The number of carbonyl (C=O) groups excluding carboxylic acids is 1. The molecule has 0 spiro atoms. The van der Waals surface area contributed by atoms with E-state index in [9.17, 15) is 61.0 Å². The Hall–Kier alpha value is -1.35. The van der Waals surface area contributed by atoms with Crippen molar-refractivity contribution < 1.29 is 79.9 Å². The van der Waals surface area contributed by atoms with Crippen molar-refractivity contribution in [2.24, 2.45) is 50.7 Å². The van der Waals surface area contributed by atoms with Gasteiger partial charge in [0, 0.05) is 11.3 Å². The van der Waals surface area contributed by atoms with Crippen molar-refractivity contribution in [3.8, 4) is 0 Å². The standard InChI is InChI=1S/C42H68O16/c1-19-9-12-42(36(53)58-35-31(52)29(50)27(48)23(17-44)56-35)14-13-39(4)20(32(42)41(19,6)54)7-8-25-37(2)15-21(46)33(38(3,18-45)24(37)10-11-40(25,39)5)57-34-30(51)28(49)26(47)22(16-43)55-34/h7,19,21-35,43-52,54H,8-18H2,1-6H3. The van der Waals surface area contributed by atoms with Crippen LogP contribution >= 0.6 is 0 Å². The summed E-state index contributed by atoms with van der Waals surface area (Å²) in [6, 6.07) is 0. The Morgan fingerprint density at radius 1 is 0.759 bits per heavy atom. The molecule has 6 fully saturated rings. The molecule has 7 rings (SSSR count). The van der Waals surface area contributed by atoms with E-state index < -0.39 is 131 Å². The van der Waals surface area contributed by atoms with Gasteiger partial charge in [0.1, 0.15) is 48.8 Å². The van der Waals surface area contributed by atoms with Gasteiger partial charge in [-0.05, 0) is 92.3 Å². The lowest BCUT2D eigenvalue weighted by molar-refractivity contribution is -0.345. The maximum atomic E-state index is 14.6. The van der Waals surface area contributed by atoms with Crippen molar-refractivity contribution in [2.75, 3.05) is 19.8 Å². The lowest BCUT2D eigenvalue weighted by Gasteiger charge is -2.72. The van der Waals surface area contributed by atoms with Crippen LogP contribution in [0.1, 0.15) is 92.9 Å². The second-order valence-corrected chi connectivity index (χ2v) is 20.3. The number of fused-ring (bicyclic) bond motifs is 7. The van der Waals surface area contributed by atoms with E-state index in [1.165, 1.54) is 0 Å². The van der Waals surface area contributed by atoms with Crippen LogP contribution in [0.3, 0.4) is 0 Å². The third-order valence-electron chi connectivity index (χ3n) is 17.7. The summed E-state index contributed by atoms with van der Waals surface area (Å²) in [6.45, 7) is 10.6. The van der Waals surface area contributed by atoms with Gasteiger partial charge in [-0.3, -0.25) is 4.79 Å². The zero-order valence-electron chi connectivity index (χ0n) is 34.6. The van der Waals surface area contributed by atoms with Gasteiger partial charge in [0.2, 0.25) is 6.29 Å². The van der Waals surface area contributed by atoms with Gasteiger partial charge in [-0.25, -0.2) is 0 Å². The van der Waals surface area contributed by atoms with E-state index >= 15 is 0 Å². The number of esters is 1. The quantitative estimate of drug-likeness (QED) is 0.0854. The topological polar surface area (TPSA) is 277 Å². The average molecular weight is 829 g/mol. The van der Waals surface area contributed by atoms with Crippen molar-refractivity contribution in [3.05, 3.63) is 11.6 Å². The minimum absolute atomic E-state index is 0.0271. The van der Waals surface area contributed by atoms with E-state index in [4.69, 9.17) is 18.9 Å². The first kappa shape index (κ1) is 44.7. The monoisotopic (exact) mass is 828 g/mol. The van der Waals surface area contributed by atoms with E-state index in [0.717, 1.165) is 5.57 Å². The van der Waals surface area contributed by atoms with Gasteiger partial charge in [0.25, 0.3) is 0 Å². The third-order valence-corrected chi connectivity index (χ3v) is 17.7. The van der Waals surface area contributed by atoms with Crippen LogP contribution < -0.4 is 0 Å². The Morgan fingerprint density at radius 3 is 1.93 bits per heavy atom. The Kier molecular flexibility index (Phi) is 11.7. The molecule has 7 aliphatic rings. The Morgan fingerprint density at radius 2 is 1.34 bits per heavy atom. The van der Waals surface area contributed by atoms with Gasteiger partial charge >= 0.3 is 5.97 Å². The summed E-state index contributed by atoms with van der Waals surface area (Å²) in [5.41, 5.74) is -4.14. The minimum Gasteiger partial charge on any atom is -0.432 e. The fourth-order valence-electron chi connectivity index (χ4n) is 13.9. The second-order valence-electron chi connectivity index (χ2n) is 20.3. The summed E-state index contributed by atoms with van der Waals surface area (Å²) in [4.78, 5) is 14.6. The van der Waals surface area contributed by atoms with Crippen LogP contribution in [0.15, 0.2) is 11.6 Å². The zero-order chi connectivity index (χ0) is 42.7. The van der Waals surface area contributed by atoms with Gasteiger partial charge in [0.15, 0.2) is 6.29 Å². The number of aliphatic hydroxyl groups is 11. The molecule has 0 radical (unpaired) electrons. The molecule has 0 aromatic rings. The summed E-state index contributed by atoms with van der Waals surface area (Å²) in [6.07, 6.45) is -11.6. The van der Waals surface area contributed by atoms with Crippen LogP contribution in [0.2, 0.25) is 0 Å². The van der Waals surface area contributed by atoms with Crippen molar-refractivity contribution in [1.82, 2.24) is 0 Å². The molecule has 58 heavy (non-hydrogen) atoms. The van der Waals surface area contributed by atoms with Gasteiger partial charge in [-0.1, -0.05) is 46.3 Å². The molecule has 0 aromatic carbocycles. The maximum absolute atomic E-state index is 14.6. The van der Waals surface area contributed by atoms with Gasteiger partial charge in [0.05, 0.1) is 43.0 Å². The van der Waals surface area contributed by atoms with Gasteiger partial charge in [-0.2, -0.15) is 0 Å². The molecule has 0 bridgehead atoms. The van der Waals surface area contributed by atoms with Crippen molar-refractivity contribution in [3.63, 3.8) is 0 Å². The molecule has 0 amide bonds. The van der Waals surface area contributed by atoms with Crippen molar-refractivity contribution in [2.45, 2.75) is 172 Å². The highest BCUT2D eigenvalue weighted by Crippen LogP contribution is 2.76. The first-order chi connectivity index (χ1) is 27.0. The van der Waals surface area contributed by atoms with Crippen LogP contribution in [-0.2, 0) is 23.7 Å². The van der Waals surface area contributed by atoms with Crippen molar-refractivity contribution >= 4 is 5.97 Å². The number of allylic oxidation sites excluding steroid dienone is 1. The van der Waals surface area contributed by atoms with Crippen molar-refractivity contribution in [1.29, 1.82) is 0 Å². The zero-order valence-corrected chi connectivity index (χ0v) is 34.6. The summed E-state index contributed by atoms with van der Waals surface area (Å²) in [5.74, 6) is -1.76. The first-order valence-corrected chi connectivity index (χ1v) is 21.2. The summed E-state index contributed by atoms with van der Waals surface area (Å²) >= 11 is 0. The molecule has 5 aliphatic carbocycles. The van der Waals surface area contributed by atoms with Crippen LogP contribution in [0.5, 0.6) is 0 Å². The normalized spacial score (nSPS) is 56.9. The lowest BCUT2D eigenvalue weighted by atomic mass is 9.33. The molecule has 2 aliphatic heterocycles. The molecule has 0 aromatic heterocycles. The highest BCUT2D eigenvalue weighted by Gasteiger charge is 2.73. The molecular formula is C42H68O16. The minimum atomic E-state index is -1.77. The first-order valence-electron chi connectivity index (χ1n) is 21.2. The number of hydrogen-bond donors (Lipinski definition) is 11. The summed E-state index contributed by atoms with van der Waals surface area (Å²) in [7, 11) is 0.